The zero-order valence-electron chi connectivity index (χ0n) is 20.0. The summed E-state index contributed by atoms with van der Waals surface area (Å²) in [6, 6.07) is 5.90. The third kappa shape index (κ3) is 7.13. The van der Waals surface area contributed by atoms with E-state index in [0.717, 1.165) is 38.1 Å². The van der Waals surface area contributed by atoms with E-state index in [9.17, 15) is 17.6 Å². The van der Waals surface area contributed by atoms with Crippen molar-refractivity contribution in [2.75, 3.05) is 24.4 Å². The Morgan fingerprint density at radius 1 is 1.24 bits per heavy atom. The van der Waals surface area contributed by atoms with Crippen LogP contribution in [0.2, 0.25) is 10.0 Å². The summed E-state index contributed by atoms with van der Waals surface area (Å²) >= 11 is 13.6. The molecule has 2 heterocycles. The number of piperidine rings is 1. The van der Waals surface area contributed by atoms with Crippen LogP contribution < -0.4 is 20.5 Å². The standard InChI is InChI=1S/C24H25Cl2FN4O5S2/c25-15-1-2-20(16(9-15)19(28)5-8-35-24(32)14-3-6-29-7-4-14)36-21-11-18(27)22(10-17(21)26)38(33,34)31-23-12-37-13-30-23/h1-2,9-14,19,29,31H,3-8,28H2. The lowest BCUT2D eigenvalue weighted by atomic mass is 9.98. The molecule has 0 spiro atoms. The molecule has 38 heavy (non-hydrogen) atoms. The van der Waals surface area contributed by atoms with Crippen molar-refractivity contribution in [3.63, 3.8) is 0 Å². The van der Waals surface area contributed by atoms with Crippen LogP contribution in [0.25, 0.3) is 0 Å². The molecular formula is C24H25Cl2FN4O5S2. The van der Waals surface area contributed by atoms with Crippen LogP contribution in [-0.2, 0) is 19.6 Å². The number of nitrogens with two attached hydrogens (primary N) is 1. The van der Waals surface area contributed by atoms with Gasteiger partial charge in [0.2, 0.25) is 0 Å². The highest BCUT2D eigenvalue weighted by atomic mass is 35.5. The van der Waals surface area contributed by atoms with Gasteiger partial charge in [0.05, 0.1) is 23.1 Å². The van der Waals surface area contributed by atoms with Crippen molar-refractivity contribution in [2.24, 2.45) is 11.7 Å². The van der Waals surface area contributed by atoms with Gasteiger partial charge in [0.15, 0.2) is 5.82 Å². The summed E-state index contributed by atoms with van der Waals surface area (Å²) in [5, 5.41) is 4.91. The zero-order valence-corrected chi connectivity index (χ0v) is 23.1. The molecule has 9 nitrogen and oxygen atoms in total. The minimum Gasteiger partial charge on any atom is -0.465 e. The van der Waals surface area contributed by atoms with E-state index in [2.05, 4.69) is 15.0 Å². The number of anilines is 1. The fraction of sp³-hybridized carbons (Fsp3) is 0.333. The molecule has 204 valence electrons. The lowest BCUT2D eigenvalue weighted by molar-refractivity contribution is -0.149. The molecule has 1 aromatic heterocycles. The molecule has 1 fully saturated rings. The molecule has 0 amide bonds. The van der Waals surface area contributed by atoms with Gasteiger partial charge in [-0.25, -0.2) is 17.8 Å². The molecule has 0 radical (unpaired) electrons. The van der Waals surface area contributed by atoms with Crippen LogP contribution in [0.1, 0.15) is 30.9 Å². The SMILES string of the molecule is NC(CCOC(=O)C1CCNCC1)c1cc(Cl)ccc1Oc1cc(F)c(S(=O)(=O)Nc2cscn2)cc1Cl. The number of sulfonamides is 1. The molecule has 0 bridgehead atoms. The van der Waals surface area contributed by atoms with E-state index in [1.165, 1.54) is 22.2 Å². The van der Waals surface area contributed by atoms with Gasteiger partial charge in [0, 0.05) is 34.5 Å². The Morgan fingerprint density at radius 2 is 2.00 bits per heavy atom. The molecular weight excluding hydrogens is 578 g/mol. The van der Waals surface area contributed by atoms with E-state index in [-0.39, 0.29) is 47.3 Å². The Balaban J connectivity index is 1.47. The maximum Gasteiger partial charge on any atom is 0.309 e. The van der Waals surface area contributed by atoms with Crippen LogP contribution in [0.4, 0.5) is 10.2 Å². The van der Waals surface area contributed by atoms with E-state index in [4.69, 9.17) is 38.4 Å². The summed E-state index contributed by atoms with van der Waals surface area (Å²) in [4.78, 5) is 15.5. The lowest BCUT2D eigenvalue weighted by Crippen LogP contribution is -2.33. The smallest absolute Gasteiger partial charge is 0.309 e. The van der Waals surface area contributed by atoms with Gasteiger partial charge in [-0.15, -0.1) is 11.3 Å². The number of carbonyl (C=O) groups is 1. The summed E-state index contributed by atoms with van der Waals surface area (Å²) < 4.78 is 53.6. The summed E-state index contributed by atoms with van der Waals surface area (Å²) in [5.74, 6) is -1.27. The highest BCUT2D eigenvalue weighted by Crippen LogP contribution is 2.37. The number of carbonyl (C=O) groups excluding carboxylic acids is 1. The second-order valence-corrected chi connectivity index (χ2v) is 11.8. The Morgan fingerprint density at radius 3 is 2.71 bits per heavy atom. The third-order valence-electron chi connectivity index (χ3n) is 5.88. The summed E-state index contributed by atoms with van der Waals surface area (Å²) in [7, 11) is -4.28. The van der Waals surface area contributed by atoms with Gasteiger partial charge in [0.1, 0.15) is 22.2 Å². The molecule has 0 saturated carbocycles. The monoisotopic (exact) mass is 602 g/mol. The maximum absolute atomic E-state index is 14.9. The first kappa shape index (κ1) is 28.5. The van der Waals surface area contributed by atoms with E-state index in [0.29, 0.717) is 10.6 Å². The van der Waals surface area contributed by atoms with E-state index >= 15 is 0 Å². The summed E-state index contributed by atoms with van der Waals surface area (Å²) in [6.07, 6.45) is 1.75. The maximum atomic E-state index is 14.9. The fourth-order valence-electron chi connectivity index (χ4n) is 3.89. The first-order valence-corrected chi connectivity index (χ1v) is 14.8. The lowest BCUT2D eigenvalue weighted by Gasteiger charge is -2.22. The second-order valence-electron chi connectivity index (χ2n) is 8.56. The Hall–Kier alpha value is -2.48. The number of aromatic nitrogens is 1. The number of halogens is 3. The van der Waals surface area contributed by atoms with Crippen molar-refractivity contribution in [3.8, 4) is 11.5 Å². The molecule has 14 heteroatoms. The van der Waals surface area contributed by atoms with Crippen LogP contribution in [0, 0.1) is 11.7 Å². The highest BCUT2D eigenvalue weighted by Gasteiger charge is 2.25. The number of hydrogen-bond acceptors (Lipinski definition) is 9. The summed E-state index contributed by atoms with van der Waals surface area (Å²) in [5.41, 5.74) is 8.27. The first-order chi connectivity index (χ1) is 18.1. The normalized spacial score (nSPS) is 15.2. The van der Waals surface area contributed by atoms with Crippen LogP contribution in [-0.4, -0.2) is 39.1 Å². The summed E-state index contributed by atoms with van der Waals surface area (Å²) in [6.45, 7) is 1.66. The van der Waals surface area contributed by atoms with E-state index in [1.807, 2.05) is 0 Å². The Bertz CT molecular complexity index is 1390. The van der Waals surface area contributed by atoms with Gasteiger partial charge >= 0.3 is 5.97 Å². The van der Waals surface area contributed by atoms with Crippen molar-refractivity contribution in [3.05, 3.63) is 62.6 Å². The first-order valence-electron chi connectivity index (χ1n) is 11.6. The molecule has 0 aliphatic carbocycles. The number of rotatable bonds is 10. The topological polar surface area (TPSA) is 133 Å². The molecule has 1 aliphatic heterocycles. The van der Waals surface area contributed by atoms with Gasteiger partial charge in [0.25, 0.3) is 10.0 Å². The molecule has 1 unspecified atom stereocenters. The van der Waals surface area contributed by atoms with E-state index < -0.39 is 26.8 Å². The average molecular weight is 604 g/mol. The molecule has 4 rings (SSSR count). The Labute approximate surface area is 233 Å². The van der Waals surface area contributed by atoms with E-state index in [1.54, 1.807) is 18.2 Å². The molecule has 1 atom stereocenters. The Kier molecular flexibility index (Phi) is 9.45. The van der Waals surface area contributed by atoms with Gasteiger partial charge in [-0.05, 0) is 50.2 Å². The van der Waals surface area contributed by atoms with Crippen molar-refractivity contribution in [1.29, 1.82) is 0 Å². The van der Waals surface area contributed by atoms with Gasteiger partial charge in [-0.3, -0.25) is 9.52 Å². The molecule has 3 aromatic rings. The number of nitrogens with zero attached hydrogens (tertiary/aromatic N) is 1. The van der Waals surface area contributed by atoms with Crippen molar-refractivity contribution in [2.45, 2.75) is 30.2 Å². The minimum absolute atomic E-state index is 0.0621. The van der Waals surface area contributed by atoms with Crippen molar-refractivity contribution < 1.29 is 27.1 Å². The number of hydrogen-bond donors (Lipinski definition) is 3. The molecule has 4 N–H and O–H groups in total. The quantitative estimate of drug-likeness (QED) is 0.272. The van der Waals surface area contributed by atoms with Crippen LogP contribution in [0.3, 0.4) is 0 Å². The van der Waals surface area contributed by atoms with Crippen LogP contribution in [0.5, 0.6) is 11.5 Å². The molecule has 2 aromatic carbocycles. The minimum atomic E-state index is -4.28. The third-order valence-corrected chi connectivity index (χ3v) is 8.37. The van der Waals surface area contributed by atoms with Crippen molar-refractivity contribution >= 4 is 56.3 Å². The van der Waals surface area contributed by atoms with Gasteiger partial charge in [-0.2, -0.15) is 0 Å². The predicted molar refractivity (Wildman–Crippen MR) is 144 cm³/mol. The number of thiazole rings is 1. The zero-order chi connectivity index (χ0) is 27.3. The van der Waals surface area contributed by atoms with Crippen molar-refractivity contribution in [1.82, 2.24) is 10.3 Å². The van der Waals surface area contributed by atoms with Crippen LogP contribution >= 0.6 is 34.5 Å². The number of esters is 1. The predicted octanol–water partition coefficient (Wildman–Crippen LogP) is 5.11. The number of benzene rings is 2. The second kappa shape index (κ2) is 12.6. The van der Waals surface area contributed by atoms with Crippen LogP contribution in [0.15, 0.2) is 46.1 Å². The largest absolute Gasteiger partial charge is 0.465 e. The van der Waals surface area contributed by atoms with Gasteiger partial charge in [-0.1, -0.05) is 23.2 Å². The average Bonchev–Trinajstić information content (AvgIpc) is 3.39. The molecule has 1 aliphatic rings. The molecule has 1 saturated heterocycles. The van der Waals surface area contributed by atoms with Gasteiger partial charge < -0.3 is 20.5 Å². The fourth-order valence-corrected chi connectivity index (χ4v) is 5.98. The highest BCUT2D eigenvalue weighted by molar-refractivity contribution is 7.92. The number of nitrogens with one attached hydrogen (secondary N) is 2. The number of ether oxygens (including phenoxy) is 2.